The third-order valence-electron chi connectivity index (χ3n) is 5.33. The zero-order chi connectivity index (χ0) is 19.7. The fourth-order valence-corrected chi connectivity index (χ4v) is 3.96. The Morgan fingerprint density at radius 3 is 2.43 bits per heavy atom. The Balaban J connectivity index is 1.75. The molecule has 0 unspecified atom stereocenters. The lowest BCUT2D eigenvalue weighted by molar-refractivity contribution is 0.1000. The van der Waals surface area contributed by atoms with E-state index >= 15 is 0 Å². The van der Waals surface area contributed by atoms with Crippen molar-refractivity contribution in [1.82, 2.24) is 4.57 Å². The molecule has 0 radical (unpaired) electrons. The SMILES string of the molecule is Cc1c(C(N)=O)c(-c2ccc3c(c2)OCCO3)c(C)n1CCc1ccccc1. The number of benzene rings is 2. The quantitative estimate of drug-likeness (QED) is 0.735. The van der Waals surface area contributed by atoms with Crippen LogP contribution in [0.3, 0.4) is 0 Å². The van der Waals surface area contributed by atoms with Crippen LogP contribution in [0.25, 0.3) is 11.1 Å². The Labute approximate surface area is 164 Å². The van der Waals surface area contributed by atoms with E-state index in [9.17, 15) is 4.79 Å². The smallest absolute Gasteiger partial charge is 0.251 e. The lowest BCUT2D eigenvalue weighted by Gasteiger charge is -2.19. The summed E-state index contributed by atoms with van der Waals surface area (Å²) in [6.45, 7) is 5.85. The number of amides is 1. The lowest BCUT2D eigenvalue weighted by atomic mass is 9.99. The third-order valence-corrected chi connectivity index (χ3v) is 5.33. The Kier molecular flexibility index (Phi) is 4.82. The number of nitrogens with two attached hydrogens (primary N) is 1. The molecular weight excluding hydrogens is 352 g/mol. The van der Waals surface area contributed by atoms with Gasteiger partial charge < -0.3 is 19.8 Å². The standard InChI is InChI=1S/C23H24N2O3/c1-15-21(18-8-9-19-20(14-18)28-13-12-27-19)22(23(24)26)16(2)25(15)11-10-17-6-4-3-5-7-17/h3-9,14H,10-13H2,1-2H3,(H2,24,26). The molecule has 5 heteroatoms. The Morgan fingerprint density at radius 1 is 1.00 bits per heavy atom. The molecule has 144 valence electrons. The van der Waals surface area contributed by atoms with Crippen LogP contribution in [0.4, 0.5) is 0 Å². The predicted octanol–water partition coefficient (Wildman–Crippen LogP) is 3.88. The van der Waals surface area contributed by atoms with Crippen molar-refractivity contribution in [3.05, 3.63) is 71.0 Å². The van der Waals surface area contributed by atoms with Gasteiger partial charge in [-0.25, -0.2) is 0 Å². The molecule has 3 aromatic rings. The molecule has 1 aromatic heterocycles. The van der Waals surface area contributed by atoms with Gasteiger partial charge in [0.1, 0.15) is 13.2 Å². The van der Waals surface area contributed by atoms with Crippen LogP contribution < -0.4 is 15.2 Å². The van der Waals surface area contributed by atoms with Crippen LogP contribution in [0, 0.1) is 13.8 Å². The number of rotatable bonds is 5. The molecule has 28 heavy (non-hydrogen) atoms. The van der Waals surface area contributed by atoms with Crippen molar-refractivity contribution in [2.45, 2.75) is 26.8 Å². The number of carbonyl (C=O) groups is 1. The molecule has 2 aromatic carbocycles. The maximum atomic E-state index is 12.3. The normalized spacial score (nSPS) is 12.8. The largest absolute Gasteiger partial charge is 0.486 e. The molecule has 0 bridgehead atoms. The first kappa shape index (κ1) is 18.2. The van der Waals surface area contributed by atoms with E-state index in [0.717, 1.165) is 41.2 Å². The van der Waals surface area contributed by atoms with Crippen molar-refractivity contribution in [1.29, 1.82) is 0 Å². The summed E-state index contributed by atoms with van der Waals surface area (Å²) in [5, 5.41) is 0. The minimum absolute atomic E-state index is 0.413. The number of nitrogens with zero attached hydrogens (tertiary/aromatic N) is 1. The summed E-state index contributed by atoms with van der Waals surface area (Å²) in [7, 11) is 0. The highest BCUT2D eigenvalue weighted by molar-refractivity contribution is 6.02. The second-order valence-electron chi connectivity index (χ2n) is 7.03. The zero-order valence-electron chi connectivity index (χ0n) is 16.2. The van der Waals surface area contributed by atoms with E-state index in [0.29, 0.717) is 24.5 Å². The van der Waals surface area contributed by atoms with Crippen LogP contribution in [0.15, 0.2) is 48.5 Å². The third kappa shape index (κ3) is 3.24. The maximum Gasteiger partial charge on any atom is 0.251 e. The number of hydrogen-bond donors (Lipinski definition) is 1. The number of hydrogen-bond acceptors (Lipinski definition) is 3. The maximum absolute atomic E-state index is 12.3. The number of primary amides is 1. The number of aromatic nitrogens is 1. The Bertz CT molecular complexity index is 1020. The second-order valence-corrected chi connectivity index (χ2v) is 7.03. The highest BCUT2D eigenvalue weighted by atomic mass is 16.6. The Morgan fingerprint density at radius 2 is 1.71 bits per heavy atom. The predicted molar refractivity (Wildman–Crippen MR) is 109 cm³/mol. The van der Waals surface area contributed by atoms with Gasteiger partial charge in [0.05, 0.1) is 5.56 Å². The zero-order valence-corrected chi connectivity index (χ0v) is 16.2. The van der Waals surface area contributed by atoms with Crippen molar-refractivity contribution in [2.75, 3.05) is 13.2 Å². The fraction of sp³-hybridized carbons (Fsp3) is 0.261. The van der Waals surface area contributed by atoms with E-state index in [2.05, 4.69) is 16.7 Å². The first-order valence-corrected chi connectivity index (χ1v) is 9.49. The summed E-state index contributed by atoms with van der Waals surface area (Å²) in [5.74, 6) is 1.02. The average molecular weight is 376 g/mol. The van der Waals surface area contributed by atoms with E-state index in [-0.39, 0.29) is 0 Å². The molecule has 0 spiro atoms. The first-order chi connectivity index (χ1) is 13.6. The van der Waals surface area contributed by atoms with Crippen LogP contribution in [-0.4, -0.2) is 23.7 Å². The molecule has 1 aliphatic heterocycles. The van der Waals surface area contributed by atoms with E-state index < -0.39 is 5.91 Å². The number of ether oxygens (including phenoxy) is 2. The van der Waals surface area contributed by atoms with Gasteiger partial charge in [-0.05, 0) is 43.5 Å². The van der Waals surface area contributed by atoms with Gasteiger partial charge in [-0.2, -0.15) is 0 Å². The minimum Gasteiger partial charge on any atom is -0.486 e. The molecule has 2 N–H and O–H groups in total. The number of aryl methyl sites for hydroxylation is 1. The molecule has 0 saturated heterocycles. The van der Waals surface area contributed by atoms with E-state index in [1.54, 1.807) is 0 Å². The van der Waals surface area contributed by atoms with Crippen molar-refractivity contribution in [3.63, 3.8) is 0 Å². The van der Waals surface area contributed by atoms with Gasteiger partial charge >= 0.3 is 0 Å². The number of fused-ring (bicyclic) bond motifs is 1. The molecule has 0 saturated carbocycles. The van der Waals surface area contributed by atoms with Gasteiger partial charge in [0.15, 0.2) is 11.5 Å². The summed E-state index contributed by atoms with van der Waals surface area (Å²) >= 11 is 0. The molecule has 2 heterocycles. The van der Waals surface area contributed by atoms with Crippen LogP contribution in [0.2, 0.25) is 0 Å². The summed E-state index contributed by atoms with van der Waals surface area (Å²) in [6, 6.07) is 16.1. The van der Waals surface area contributed by atoms with Gasteiger partial charge in [0, 0.05) is 23.5 Å². The average Bonchev–Trinajstić information content (AvgIpc) is 2.97. The van der Waals surface area contributed by atoms with Crippen LogP contribution in [0.5, 0.6) is 11.5 Å². The summed E-state index contributed by atoms with van der Waals surface area (Å²) in [6.07, 6.45) is 0.885. The van der Waals surface area contributed by atoms with Gasteiger partial charge in [-0.1, -0.05) is 36.4 Å². The van der Waals surface area contributed by atoms with Gasteiger partial charge in [-0.15, -0.1) is 0 Å². The van der Waals surface area contributed by atoms with E-state index in [4.69, 9.17) is 15.2 Å². The fourth-order valence-electron chi connectivity index (χ4n) is 3.96. The molecule has 5 nitrogen and oxygen atoms in total. The summed E-state index contributed by atoms with van der Waals surface area (Å²) < 4.78 is 13.5. The molecule has 4 rings (SSSR count). The van der Waals surface area contributed by atoms with E-state index in [1.807, 2.05) is 50.2 Å². The summed E-state index contributed by atoms with van der Waals surface area (Å²) in [4.78, 5) is 12.3. The second kappa shape index (κ2) is 7.43. The molecule has 0 aliphatic carbocycles. The van der Waals surface area contributed by atoms with E-state index in [1.165, 1.54) is 5.56 Å². The lowest BCUT2D eigenvalue weighted by Crippen LogP contribution is -2.15. The molecule has 0 atom stereocenters. The molecule has 1 amide bonds. The molecular formula is C23H24N2O3. The van der Waals surface area contributed by atoms with Crippen molar-refractivity contribution >= 4 is 5.91 Å². The van der Waals surface area contributed by atoms with Crippen LogP contribution in [-0.2, 0) is 13.0 Å². The van der Waals surface area contributed by atoms with Crippen molar-refractivity contribution in [2.24, 2.45) is 5.73 Å². The van der Waals surface area contributed by atoms with Gasteiger partial charge in [0.2, 0.25) is 0 Å². The highest BCUT2D eigenvalue weighted by Crippen LogP contribution is 2.38. The van der Waals surface area contributed by atoms with Crippen molar-refractivity contribution < 1.29 is 14.3 Å². The number of carbonyl (C=O) groups excluding carboxylic acids is 1. The van der Waals surface area contributed by atoms with Crippen molar-refractivity contribution in [3.8, 4) is 22.6 Å². The highest BCUT2D eigenvalue weighted by Gasteiger charge is 2.24. The summed E-state index contributed by atoms with van der Waals surface area (Å²) in [5.41, 5.74) is 11.3. The van der Waals surface area contributed by atoms with Crippen LogP contribution in [0.1, 0.15) is 27.3 Å². The molecule has 1 aliphatic rings. The van der Waals surface area contributed by atoms with Gasteiger partial charge in [-0.3, -0.25) is 4.79 Å². The first-order valence-electron chi connectivity index (χ1n) is 9.49. The Hall–Kier alpha value is -3.21. The minimum atomic E-state index is -0.413. The van der Waals surface area contributed by atoms with Gasteiger partial charge in [0.25, 0.3) is 5.91 Å². The monoisotopic (exact) mass is 376 g/mol. The topological polar surface area (TPSA) is 66.5 Å². The molecule has 0 fully saturated rings. The van der Waals surface area contributed by atoms with Crippen LogP contribution >= 0.6 is 0 Å².